The maximum absolute atomic E-state index is 13.1. The van der Waals surface area contributed by atoms with Gasteiger partial charge in [-0.1, -0.05) is 0 Å². The molecule has 1 atom stereocenters. The fourth-order valence-corrected chi connectivity index (χ4v) is 5.72. The van der Waals surface area contributed by atoms with Crippen molar-refractivity contribution in [3.05, 3.63) is 35.6 Å². The molecule has 1 aromatic heterocycles. The molecule has 0 amide bonds. The number of piperidine rings is 3. The van der Waals surface area contributed by atoms with Crippen LogP contribution in [0, 0.1) is 11.8 Å². The zero-order valence-corrected chi connectivity index (χ0v) is 14.7. The predicted octanol–water partition coefficient (Wildman–Crippen LogP) is 4.76. The molecule has 2 saturated carbocycles. The molecule has 2 aromatic rings. The standard InChI is InChI=1S/C22H25NO2/c24-19(13-18-14-5-9-23(10-6-14)22(18)7-8-22)16-3-4-20-17(11-16)12-21(25-20)15-1-2-15/h3-4,11-12,14-15,18H,1-2,5-10,13H2/t18-/m1/s1. The molecule has 25 heavy (non-hydrogen) atoms. The number of furan rings is 1. The van der Waals surface area contributed by atoms with E-state index in [-0.39, 0.29) is 0 Å². The molecule has 0 radical (unpaired) electrons. The first kappa shape index (κ1) is 14.5. The lowest BCUT2D eigenvalue weighted by atomic mass is 9.69. The van der Waals surface area contributed by atoms with Gasteiger partial charge in [-0.3, -0.25) is 9.69 Å². The van der Waals surface area contributed by atoms with Gasteiger partial charge in [0, 0.05) is 28.8 Å². The Hall–Kier alpha value is -1.61. The van der Waals surface area contributed by atoms with E-state index in [0.29, 0.717) is 23.2 Å². The number of carbonyl (C=O) groups excluding carboxylic acids is 1. The van der Waals surface area contributed by atoms with E-state index in [2.05, 4.69) is 17.0 Å². The molecule has 5 aliphatic rings. The highest BCUT2D eigenvalue weighted by Crippen LogP contribution is 2.58. The number of fused-ring (bicyclic) bond motifs is 3. The number of hydrogen-bond donors (Lipinski definition) is 0. The van der Waals surface area contributed by atoms with Crippen LogP contribution in [0.4, 0.5) is 0 Å². The van der Waals surface area contributed by atoms with Crippen LogP contribution in [0.3, 0.4) is 0 Å². The summed E-state index contributed by atoms with van der Waals surface area (Å²) in [7, 11) is 0. The van der Waals surface area contributed by atoms with Gasteiger partial charge in [-0.15, -0.1) is 0 Å². The third-order valence-corrected chi connectivity index (χ3v) is 7.43. The first-order valence-electron chi connectivity index (χ1n) is 10.0. The summed E-state index contributed by atoms with van der Waals surface area (Å²) >= 11 is 0. The minimum absolute atomic E-state index is 0.334. The molecule has 2 aliphatic carbocycles. The summed E-state index contributed by atoms with van der Waals surface area (Å²) < 4.78 is 5.94. The van der Waals surface area contributed by atoms with Crippen LogP contribution in [0.2, 0.25) is 0 Å². The Morgan fingerprint density at radius 2 is 1.92 bits per heavy atom. The molecule has 0 N–H and O–H groups in total. The molecule has 0 unspecified atom stereocenters. The number of Topliss-reactive ketones (excluding diaryl/α,β-unsaturated/α-hetero) is 1. The normalized spacial score (nSPS) is 32.4. The molecule has 5 fully saturated rings. The van der Waals surface area contributed by atoms with Crippen molar-refractivity contribution in [3.63, 3.8) is 0 Å². The molecule has 4 heterocycles. The molecular weight excluding hydrogens is 310 g/mol. The van der Waals surface area contributed by atoms with Crippen molar-refractivity contribution in [3.8, 4) is 0 Å². The van der Waals surface area contributed by atoms with Gasteiger partial charge >= 0.3 is 0 Å². The number of nitrogens with zero attached hydrogens (tertiary/aromatic N) is 1. The van der Waals surface area contributed by atoms with Gasteiger partial charge in [-0.2, -0.15) is 0 Å². The Bertz CT molecular complexity index is 850. The Morgan fingerprint density at radius 1 is 1.12 bits per heavy atom. The van der Waals surface area contributed by atoms with Gasteiger partial charge in [-0.05, 0) is 87.7 Å². The summed E-state index contributed by atoms with van der Waals surface area (Å²) in [6, 6.07) is 8.19. The molecule has 130 valence electrons. The molecule has 1 spiro atoms. The number of ketones is 1. The minimum atomic E-state index is 0.334. The maximum atomic E-state index is 13.1. The number of rotatable bonds is 4. The summed E-state index contributed by atoms with van der Waals surface area (Å²) in [5.74, 6) is 3.42. The van der Waals surface area contributed by atoms with Gasteiger partial charge < -0.3 is 4.42 Å². The van der Waals surface area contributed by atoms with E-state index in [1.54, 1.807) is 0 Å². The molecule has 3 nitrogen and oxygen atoms in total. The minimum Gasteiger partial charge on any atom is -0.461 e. The van der Waals surface area contributed by atoms with Crippen LogP contribution in [0.25, 0.3) is 11.0 Å². The van der Waals surface area contributed by atoms with Gasteiger partial charge in [0.25, 0.3) is 0 Å². The predicted molar refractivity (Wildman–Crippen MR) is 96.9 cm³/mol. The lowest BCUT2D eigenvalue weighted by Gasteiger charge is -2.52. The van der Waals surface area contributed by atoms with Crippen molar-refractivity contribution < 1.29 is 9.21 Å². The van der Waals surface area contributed by atoms with Crippen molar-refractivity contribution in [2.24, 2.45) is 11.8 Å². The zero-order valence-electron chi connectivity index (χ0n) is 14.7. The van der Waals surface area contributed by atoms with Crippen molar-refractivity contribution in [2.75, 3.05) is 13.1 Å². The Kier molecular flexibility index (Phi) is 2.89. The van der Waals surface area contributed by atoms with E-state index >= 15 is 0 Å². The number of hydrogen-bond acceptors (Lipinski definition) is 3. The second-order valence-electron chi connectivity index (χ2n) is 8.84. The fourth-order valence-electron chi connectivity index (χ4n) is 5.72. The van der Waals surface area contributed by atoms with E-state index in [9.17, 15) is 4.79 Å². The average Bonchev–Trinajstić information content (AvgIpc) is 3.57. The van der Waals surface area contributed by atoms with E-state index in [4.69, 9.17) is 4.42 Å². The van der Waals surface area contributed by atoms with Crippen LogP contribution in [0.15, 0.2) is 28.7 Å². The molecule has 3 heteroatoms. The van der Waals surface area contributed by atoms with Crippen molar-refractivity contribution in [2.45, 2.75) is 56.4 Å². The van der Waals surface area contributed by atoms with E-state index in [1.807, 2.05) is 12.1 Å². The summed E-state index contributed by atoms with van der Waals surface area (Å²) in [5, 5.41) is 1.10. The Labute approximate surface area is 148 Å². The highest BCUT2D eigenvalue weighted by atomic mass is 16.3. The molecule has 1 aromatic carbocycles. The molecule has 3 aliphatic heterocycles. The summed E-state index contributed by atoms with van der Waals surface area (Å²) in [5.41, 5.74) is 2.21. The van der Waals surface area contributed by atoms with Crippen LogP contribution in [0.1, 0.15) is 67.0 Å². The van der Waals surface area contributed by atoms with Crippen LogP contribution < -0.4 is 0 Å². The third kappa shape index (κ3) is 2.18. The lowest BCUT2D eigenvalue weighted by Crippen LogP contribution is -2.57. The van der Waals surface area contributed by atoms with Crippen LogP contribution in [0.5, 0.6) is 0 Å². The van der Waals surface area contributed by atoms with E-state index in [0.717, 1.165) is 34.6 Å². The quantitative estimate of drug-likeness (QED) is 0.756. The van der Waals surface area contributed by atoms with E-state index in [1.165, 1.54) is 51.6 Å². The lowest BCUT2D eigenvalue weighted by molar-refractivity contribution is -0.0274. The highest BCUT2D eigenvalue weighted by Gasteiger charge is 2.60. The number of benzene rings is 1. The van der Waals surface area contributed by atoms with Gasteiger partial charge in [0.1, 0.15) is 11.3 Å². The van der Waals surface area contributed by atoms with Crippen molar-refractivity contribution in [1.29, 1.82) is 0 Å². The molecular formula is C22H25NO2. The smallest absolute Gasteiger partial charge is 0.163 e. The average molecular weight is 335 g/mol. The maximum Gasteiger partial charge on any atom is 0.163 e. The van der Waals surface area contributed by atoms with Crippen LogP contribution >= 0.6 is 0 Å². The van der Waals surface area contributed by atoms with Crippen molar-refractivity contribution >= 4 is 16.8 Å². The Balaban J connectivity index is 1.27. The second kappa shape index (κ2) is 4.97. The summed E-state index contributed by atoms with van der Waals surface area (Å²) in [6.45, 7) is 2.53. The SMILES string of the molecule is O=C(C[C@@H]1C2CCN(CC2)C12CC2)c1ccc2oc(C3CC3)cc2c1. The first-order valence-corrected chi connectivity index (χ1v) is 10.0. The van der Waals surface area contributed by atoms with Gasteiger partial charge in [0.15, 0.2) is 5.78 Å². The second-order valence-corrected chi connectivity index (χ2v) is 8.84. The Morgan fingerprint density at radius 3 is 2.64 bits per heavy atom. The highest BCUT2D eigenvalue weighted by molar-refractivity contribution is 5.99. The van der Waals surface area contributed by atoms with Gasteiger partial charge in [0.2, 0.25) is 0 Å². The largest absolute Gasteiger partial charge is 0.461 e. The van der Waals surface area contributed by atoms with Crippen LogP contribution in [-0.2, 0) is 0 Å². The molecule has 2 bridgehead atoms. The first-order chi connectivity index (χ1) is 12.2. The van der Waals surface area contributed by atoms with Gasteiger partial charge in [-0.25, -0.2) is 0 Å². The van der Waals surface area contributed by atoms with E-state index < -0.39 is 0 Å². The third-order valence-electron chi connectivity index (χ3n) is 7.43. The topological polar surface area (TPSA) is 33.5 Å². The van der Waals surface area contributed by atoms with Crippen LogP contribution in [-0.4, -0.2) is 29.3 Å². The fraction of sp³-hybridized carbons (Fsp3) is 0.591. The monoisotopic (exact) mass is 335 g/mol. The summed E-state index contributed by atoms with van der Waals surface area (Å²) in [4.78, 5) is 15.8. The number of carbonyl (C=O) groups is 1. The van der Waals surface area contributed by atoms with Crippen molar-refractivity contribution in [1.82, 2.24) is 4.90 Å². The molecule has 3 saturated heterocycles. The molecule has 7 rings (SSSR count). The van der Waals surface area contributed by atoms with Gasteiger partial charge in [0.05, 0.1) is 0 Å². The summed E-state index contributed by atoms with van der Waals surface area (Å²) in [6.07, 6.45) is 8.44. The zero-order chi connectivity index (χ0) is 16.6.